The molecule has 1 fully saturated rings. The number of para-hydroxylation sites is 1. The van der Waals surface area contributed by atoms with Crippen LogP contribution >= 0.6 is 0 Å². The monoisotopic (exact) mass is 388 g/mol. The summed E-state index contributed by atoms with van der Waals surface area (Å²) >= 11 is 0. The van der Waals surface area contributed by atoms with Crippen molar-refractivity contribution < 1.29 is 9.53 Å². The molecule has 0 aliphatic carbocycles. The highest BCUT2D eigenvalue weighted by molar-refractivity contribution is 6.09. The van der Waals surface area contributed by atoms with E-state index < -0.39 is 0 Å². The van der Waals surface area contributed by atoms with Gasteiger partial charge in [0.05, 0.1) is 30.8 Å². The van der Waals surface area contributed by atoms with Crippen LogP contribution in [-0.4, -0.2) is 60.1 Å². The van der Waals surface area contributed by atoms with Gasteiger partial charge in [0.1, 0.15) is 5.75 Å². The molecule has 1 aliphatic rings. The number of carbonyl (C=O) groups excluding carboxylic acids is 1. The van der Waals surface area contributed by atoms with E-state index >= 15 is 0 Å². The first-order chi connectivity index (χ1) is 14.1. The van der Waals surface area contributed by atoms with Gasteiger partial charge in [0.25, 0.3) is 5.91 Å². The molecule has 0 unspecified atom stereocenters. The number of amides is 1. The number of hydrogen-bond donors (Lipinski definition) is 0. The molecule has 2 aromatic carbocycles. The molecule has 0 spiro atoms. The predicted molar refractivity (Wildman–Crippen MR) is 113 cm³/mol. The standard InChI is InChI=1S/C23H24N4O2/c1-17-22(23(28)26-14-12-25(11-10-24)13-15-26)20-16-19(29-2)8-9-21(20)27(17)18-6-4-3-5-7-18/h3-9,16H,11-15H2,1-2H3. The number of rotatable bonds is 4. The minimum absolute atomic E-state index is 0.0343. The molecule has 1 aliphatic heterocycles. The van der Waals surface area contributed by atoms with Crippen LogP contribution in [0.4, 0.5) is 0 Å². The predicted octanol–water partition coefficient (Wildman–Crippen LogP) is 3.23. The Morgan fingerprint density at radius 3 is 2.48 bits per heavy atom. The number of benzene rings is 2. The highest BCUT2D eigenvalue weighted by Gasteiger charge is 2.27. The Morgan fingerprint density at radius 1 is 1.10 bits per heavy atom. The first-order valence-corrected chi connectivity index (χ1v) is 9.77. The molecule has 0 bridgehead atoms. The average molecular weight is 388 g/mol. The van der Waals surface area contributed by atoms with Gasteiger partial charge in [0.15, 0.2) is 0 Å². The van der Waals surface area contributed by atoms with Crippen molar-refractivity contribution in [1.82, 2.24) is 14.4 Å². The lowest BCUT2D eigenvalue weighted by atomic mass is 10.1. The second-order valence-corrected chi connectivity index (χ2v) is 7.24. The Hall–Kier alpha value is -3.30. The summed E-state index contributed by atoms with van der Waals surface area (Å²) in [5, 5.41) is 9.80. The largest absolute Gasteiger partial charge is 0.497 e. The molecule has 6 heteroatoms. The zero-order valence-corrected chi connectivity index (χ0v) is 16.8. The number of methoxy groups -OCH3 is 1. The van der Waals surface area contributed by atoms with Crippen LogP contribution < -0.4 is 4.74 Å². The number of carbonyl (C=O) groups is 1. The molecule has 1 aromatic heterocycles. The van der Waals surface area contributed by atoms with Crippen molar-refractivity contribution in [1.29, 1.82) is 5.26 Å². The highest BCUT2D eigenvalue weighted by atomic mass is 16.5. The van der Waals surface area contributed by atoms with E-state index in [1.807, 2.05) is 60.4 Å². The van der Waals surface area contributed by atoms with Gasteiger partial charge in [-0.25, -0.2) is 0 Å². The lowest BCUT2D eigenvalue weighted by Gasteiger charge is -2.33. The Labute approximate surface area is 170 Å². The van der Waals surface area contributed by atoms with E-state index in [1.54, 1.807) is 7.11 Å². The minimum atomic E-state index is 0.0343. The molecule has 29 heavy (non-hydrogen) atoms. The lowest BCUT2D eigenvalue weighted by Crippen LogP contribution is -2.48. The second-order valence-electron chi connectivity index (χ2n) is 7.24. The lowest BCUT2D eigenvalue weighted by molar-refractivity contribution is 0.0653. The molecule has 1 saturated heterocycles. The van der Waals surface area contributed by atoms with Crippen LogP contribution in [-0.2, 0) is 0 Å². The van der Waals surface area contributed by atoms with Gasteiger partial charge in [-0.15, -0.1) is 0 Å². The Morgan fingerprint density at radius 2 is 1.83 bits per heavy atom. The SMILES string of the molecule is COc1ccc2c(c1)c(C(=O)N1CCN(CC#N)CC1)c(C)n2-c1ccccc1. The third-order valence-corrected chi connectivity index (χ3v) is 5.59. The summed E-state index contributed by atoms with van der Waals surface area (Å²) < 4.78 is 7.56. The molecule has 6 nitrogen and oxygen atoms in total. The average Bonchev–Trinajstić information content (AvgIpc) is 3.05. The molecule has 0 N–H and O–H groups in total. The second kappa shape index (κ2) is 7.98. The maximum atomic E-state index is 13.5. The zero-order chi connectivity index (χ0) is 20.4. The quantitative estimate of drug-likeness (QED) is 0.644. The molecule has 148 valence electrons. The maximum Gasteiger partial charge on any atom is 0.256 e. The smallest absolute Gasteiger partial charge is 0.256 e. The van der Waals surface area contributed by atoms with Crippen LogP contribution in [0.15, 0.2) is 48.5 Å². The molecule has 0 saturated carbocycles. The van der Waals surface area contributed by atoms with Crippen molar-refractivity contribution in [3.63, 3.8) is 0 Å². The summed E-state index contributed by atoms with van der Waals surface area (Å²) in [7, 11) is 1.64. The normalized spacial score (nSPS) is 14.7. The number of fused-ring (bicyclic) bond motifs is 1. The Bertz CT molecular complexity index is 1070. The van der Waals surface area contributed by atoms with E-state index in [-0.39, 0.29) is 5.91 Å². The molecule has 2 heterocycles. The number of piperazine rings is 1. The third kappa shape index (κ3) is 3.45. The Balaban J connectivity index is 1.79. The fraction of sp³-hybridized carbons (Fsp3) is 0.304. The number of hydrogen-bond acceptors (Lipinski definition) is 4. The third-order valence-electron chi connectivity index (χ3n) is 5.59. The van der Waals surface area contributed by atoms with Gasteiger partial charge in [-0.1, -0.05) is 18.2 Å². The molecular formula is C23H24N4O2. The van der Waals surface area contributed by atoms with E-state index in [0.29, 0.717) is 19.6 Å². The van der Waals surface area contributed by atoms with Crippen molar-refractivity contribution in [3.8, 4) is 17.5 Å². The van der Waals surface area contributed by atoms with E-state index in [0.717, 1.165) is 46.7 Å². The highest BCUT2D eigenvalue weighted by Crippen LogP contribution is 2.33. The maximum absolute atomic E-state index is 13.5. The van der Waals surface area contributed by atoms with Crippen molar-refractivity contribution in [2.75, 3.05) is 39.8 Å². The van der Waals surface area contributed by atoms with E-state index in [2.05, 4.69) is 15.5 Å². The van der Waals surface area contributed by atoms with Crippen LogP contribution in [0.1, 0.15) is 16.1 Å². The summed E-state index contributed by atoms with van der Waals surface area (Å²) in [6.07, 6.45) is 0. The number of nitrogens with zero attached hydrogens (tertiary/aromatic N) is 4. The van der Waals surface area contributed by atoms with Crippen molar-refractivity contribution in [2.24, 2.45) is 0 Å². The van der Waals surface area contributed by atoms with Gasteiger partial charge in [0.2, 0.25) is 0 Å². The number of aromatic nitrogens is 1. The molecular weight excluding hydrogens is 364 g/mol. The van der Waals surface area contributed by atoms with Gasteiger partial charge in [-0.05, 0) is 37.3 Å². The van der Waals surface area contributed by atoms with E-state index in [9.17, 15) is 4.79 Å². The zero-order valence-electron chi connectivity index (χ0n) is 16.8. The first kappa shape index (κ1) is 19.0. The van der Waals surface area contributed by atoms with Gasteiger partial charge < -0.3 is 14.2 Å². The van der Waals surface area contributed by atoms with Crippen LogP contribution in [0, 0.1) is 18.3 Å². The molecule has 3 aromatic rings. The van der Waals surface area contributed by atoms with Crippen molar-refractivity contribution >= 4 is 16.8 Å². The Kier molecular flexibility index (Phi) is 5.24. The summed E-state index contributed by atoms with van der Waals surface area (Å²) in [4.78, 5) is 17.5. The number of ether oxygens (including phenoxy) is 1. The molecule has 0 radical (unpaired) electrons. The van der Waals surface area contributed by atoms with Gasteiger partial charge in [-0.2, -0.15) is 5.26 Å². The van der Waals surface area contributed by atoms with E-state index in [4.69, 9.17) is 10.00 Å². The van der Waals surface area contributed by atoms with Gasteiger partial charge in [0, 0.05) is 42.9 Å². The van der Waals surface area contributed by atoms with Gasteiger partial charge in [-0.3, -0.25) is 9.69 Å². The van der Waals surface area contributed by atoms with E-state index in [1.165, 1.54) is 0 Å². The fourth-order valence-electron chi connectivity index (χ4n) is 4.07. The number of nitriles is 1. The molecule has 4 rings (SSSR count). The summed E-state index contributed by atoms with van der Waals surface area (Å²) in [5.41, 5.74) is 3.65. The topological polar surface area (TPSA) is 61.5 Å². The van der Waals surface area contributed by atoms with Crippen LogP contribution in [0.5, 0.6) is 5.75 Å². The minimum Gasteiger partial charge on any atom is -0.497 e. The molecule has 1 amide bonds. The van der Waals surface area contributed by atoms with Crippen LogP contribution in [0.25, 0.3) is 16.6 Å². The van der Waals surface area contributed by atoms with Crippen molar-refractivity contribution in [2.45, 2.75) is 6.92 Å². The van der Waals surface area contributed by atoms with Crippen molar-refractivity contribution in [3.05, 3.63) is 59.8 Å². The molecule has 0 atom stereocenters. The van der Waals surface area contributed by atoms with Gasteiger partial charge >= 0.3 is 0 Å². The summed E-state index contributed by atoms with van der Waals surface area (Å²) in [6, 6.07) is 18.1. The van der Waals surface area contributed by atoms with Crippen LogP contribution in [0.3, 0.4) is 0 Å². The summed E-state index contributed by atoms with van der Waals surface area (Å²) in [5.74, 6) is 0.766. The van der Waals surface area contributed by atoms with Crippen LogP contribution in [0.2, 0.25) is 0 Å². The fourth-order valence-corrected chi connectivity index (χ4v) is 4.07. The first-order valence-electron chi connectivity index (χ1n) is 9.77. The summed E-state index contributed by atoms with van der Waals surface area (Å²) in [6.45, 7) is 5.10.